The van der Waals surface area contributed by atoms with Gasteiger partial charge in [0.25, 0.3) is 0 Å². The average Bonchev–Trinajstić information content (AvgIpc) is 2.79. The molecule has 1 saturated heterocycles. The molecule has 1 amide bonds. The van der Waals surface area contributed by atoms with Crippen molar-refractivity contribution in [2.75, 3.05) is 17.2 Å². The Morgan fingerprint density at radius 3 is 2.89 bits per heavy atom. The minimum atomic E-state index is -3.62. The van der Waals surface area contributed by atoms with E-state index in [0.29, 0.717) is 17.1 Å². The highest BCUT2D eigenvalue weighted by Gasteiger charge is 2.35. The summed E-state index contributed by atoms with van der Waals surface area (Å²) in [5.74, 6) is -0.698. The molecule has 0 saturated carbocycles. The number of aryl methyl sites for hydroxylation is 1. The summed E-state index contributed by atoms with van der Waals surface area (Å²) in [6.45, 7) is 2.10. The fourth-order valence-electron chi connectivity index (χ4n) is 2.14. The quantitative estimate of drug-likeness (QED) is 0.797. The summed E-state index contributed by atoms with van der Waals surface area (Å²) in [6.07, 6.45) is 0.147. The largest absolute Gasteiger partial charge is 0.302 e. The maximum absolute atomic E-state index is 11.9. The maximum atomic E-state index is 11.9. The summed E-state index contributed by atoms with van der Waals surface area (Å²) in [5.41, 5.74) is 1.30. The second-order valence-corrected chi connectivity index (χ2v) is 8.17. The van der Waals surface area contributed by atoms with Crippen LogP contribution in [0.1, 0.15) is 17.5 Å². The van der Waals surface area contributed by atoms with Gasteiger partial charge in [0.15, 0.2) is 0 Å². The lowest BCUT2D eigenvalue weighted by Crippen LogP contribution is -2.25. The van der Waals surface area contributed by atoms with Crippen LogP contribution in [-0.2, 0) is 13.8 Å². The summed E-state index contributed by atoms with van der Waals surface area (Å²) in [7, 11) is 1.59. The van der Waals surface area contributed by atoms with Gasteiger partial charge in [0.05, 0.1) is 11.3 Å². The standard InChI is InChI=1S/C11H11ClN2O3S2/c1-7-5-18-11(9(7)3-13)14-4-8(2-10(14)15)6-19(12,16)17/h5,8H,2,4,6H2,1H3. The third-order valence-electron chi connectivity index (χ3n) is 2.95. The van der Waals surface area contributed by atoms with E-state index in [2.05, 4.69) is 6.07 Å². The van der Waals surface area contributed by atoms with Gasteiger partial charge in [0.1, 0.15) is 11.1 Å². The van der Waals surface area contributed by atoms with E-state index in [0.717, 1.165) is 5.56 Å². The van der Waals surface area contributed by atoms with Crippen molar-refractivity contribution in [1.29, 1.82) is 5.26 Å². The molecule has 1 aromatic rings. The van der Waals surface area contributed by atoms with Crippen molar-refractivity contribution in [3.63, 3.8) is 0 Å². The number of carbonyl (C=O) groups is 1. The monoisotopic (exact) mass is 318 g/mol. The molecule has 1 aliphatic rings. The number of thiophene rings is 1. The number of nitriles is 1. The lowest BCUT2D eigenvalue weighted by atomic mass is 10.1. The zero-order valence-corrected chi connectivity index (χ0v) is 12.5. The van der Waals surface area contributed by atoms with Crippen molar-refractivity contribution in [2.45, 2.75) is 13.3 Å². The lowest BCUT2D eigenvalue weighted by Gasteiger charge is -2.14. The first-order valence-corrected chi connectivity index (χ1v) is 8.88. The number of hydrogen-bond donors (Lipinski definition) is 0. The van der Waals surface area contributed by atoms with Crippen LogP contribution < -0.4 is 4.90 Å². The predicted molar refractivity (Wildman–Crippen MR) is 73.9 cm³/mol. The molecule has 1 unspecified atom stereocenters. The van der Waals surface area contributed by atoms with E-state index in [1.54, 1.807) is 6.92 Å². The van der Waals surface area contributed by atoms with Crippen LogP contribution in [0.25, 0.3) is 0 Å². The van der Waals surface area contributed by atoms with Crippen molar-refractivity contribution in [3.05, 3.63) is 16.5 Å². The van der Waals surface area contributed by atoms with Gasteiger partial charge in [0, 0.05) is 29.6 Å². The zero-order valence-electron chi connectivity index (χ0n) is 10.1. The maximum Gasteiger partial charge on any atom is 0.232 e. The van der Waals surface area contributed by atoms with Crippen molar-refractivity contribution < 1.29 is 13.2 Å². The molecule has 5 nitrogen and oxygen atoms in total. The third-order valence-corrected chi connectivity index (χ3v) is 5.32. The third kappa shape index (κ3) is 3.08. The summed E-state index contributed by atoms with van der Waals surface area (Å²) >= 11 is 1.32. The highest BCUT2D eigenvalue weighted by Crippen LogP contribution is 2.35. The van der Waals surface area contributed by atoms with Crippen LogP contribution in [-0.4, -0.2) is 26.6 Å². The number of halogens is 1. The molecule has 102 valence electrons. The Labute approximate surface area is 119 Å². The summed E-state index contributed by atoms with van der Waals surface area (Å²) in [6, 6.07) is 2.08. The SMILES string of the molecule is Cc1csc(N2CC(CS(=O)(=O)Cl)CC2=O)c1C#N. The normalized spacial score (nSPS) is 19.7. The Morgan fingerprint density at radius 1 is 1.63 bits per heavy atom. The average molecular weight is 319 g/mol. The van der Waals surface area contributed by atoms with Crippen LogP contribution in [0.3, 0.4) is 0 Å². The van der Waals surface area contributed by atoms with Gasteiger partial charge in [-0.25, -0.2) is 8.42 Å². The van der Waals surface area contributed by atoms with Crippen molar-refractivity contribution in [3.8, 4) is 6.07 Å². The Hall–Kier alpha value is -1.10. The summed E-state index contributed by atoms with van der Waals surface area (Å²) in [5, 5.41) is 11.5. The number of carbonyl (C=O) groups excluding carboxylic acids is 1. The van der Waals surface area contributed by atoms with Crippen molar-refractivity contribution in [1.82, 2.24) is 0 Å². The minimum Gasteiger partial charge on any atom is -0.302 e. The first-order valence-electron chi connectivity index (χ1n) is 5.52. The molecule has 0 aromatic carbocycles. The van der Waals surface area contributed by atoms with Gasteiger partial charge in [0.2, 0.25) is 15.0 Å². The molecule has 1 atom stereocenters. The molecular formula is C11H11ClN2O3S2. The Morgan fingerprint density at radius 2 is 2.32 bits per heavy atom. The topological polar surface area (TPSA) is 78.2 Å². The molecule has 0 spiro atoms. The predicted octanol–water partition coefficient (Wildman–Crippen LogP) is 1.85. The molecule has 1 aliphatic heterocycles. The molecular weight excluding hydrogens is 308 g/mol. The number of nitrogens with zero attached hydrogens (tertiary/aromatic N) is 2. The molecule has 19 heavy (non-hydrogen) atoms. The number of amides is 1. The molecule has 0 N–H and O–H groups in total. The molecule has 1 fully saturated rings. The Kier molecular flexibility index (Phi) is 3.85. The number of hydrogen-bond acceptors (Lipinski definition) is 5. The van der Waals surface area contributed by atoms with Crippen LogP contribution in [0.4, 0.5) is 5.00 Å². The van der Waals surface area contributed by atoms with Crippen LogP contribution in [0.15, 0.2) is 5.38 Å². The van der Waals surface area contributed by atoms with Crippen LogP contribution in [0, 0.1) is 24.2 Å². The molecule has 2 rings (SSSR count). The van der Waals surface area contributed by atoms with Crippen LogP contribution >= 0.6 is 22.0 Å². The van der Waals surface area contributed by atoms with E-state index in [-0.39, 0.29) is 24.0 Å². The second kappa shape index (κ2) is 5.12. The fraction of sp³-hybridized carbons (Fsp3) is 0.455. The molecule has 0 radical (unpaired) electrons. The first kappa shape index (κ1) is 14.3. The molecule has 8 heteroatoms. The van der Waals surface area contributed by atoms with Gasteiger partial charge >= 0.3 is 0 Å². The minimum absolute atomic E-state index is 0.147. The van der Waals surface area contributed by atoms with Gasteiger partial charge in [-0.2, -0.15) is 5.26 Å². The van der Waals surface area contributed by atoms with Gasteiger partial charge in [-0.05, 0) is 17.9 Å². The van der Waals surface area contributed by atoms with E-state index in [1.807, 2.05) is 5.38 Å². The first-order chi connectivity index (χ1) is 8.81. The van der Waals surface area contributed by atoms with Gasteiger partial charge in [-0.3, -0.25) is 4.79 Å². The highest BCUT2D eigenvalue weighted by molar-refractivity contribution is 8.13. The van der Waals surface area contributed by atoms with Crippen LogP contribution in [0.5, 0.6) is 0 Å². The Balaban J connectivity index is 2.23. The van der Waals surface area contributed by atoms with Crippen LogP contribution in [0.2, 0.25) is 0 Å². The van der Waals surface area contributed by atoms with E-state index in [1.165, 1.54) is 16.2 Å². The van der Waals surface area contributed by atoms with Gasteiger partial charge in [-0.15, -0.1) is 11.3 Å². The molecule has 0 aliphatic carbocycles. The zero-order chi connectivity index (χ0) is 14.2. The van der Waals surface area contributed by atoms with Gasteiger partial charge < -0.3 is 4.90 Å². The molecule has 2 heterocycles. The molecule has 0 bridgehead atoms. The Bertz CT molecular complexity index is 660. The summed E-state index contributed by atoms with van der Waals surface area (Å²) < 4.78 is 22.1. The second-order valence-electron chi connectivity index (χ2n) is 4.49. The smallest absolute Gasteiger partial charge is 0.232 e. The highest BCUT2D eigenvalue weighted by atomic mass is 35.7. The number of rotatable bonds is 3. The van der Waals surface area contributed by atoms with E-state index in [9.17, 15) is 13.2 Å². The van der Waals surface area contributed by atoms with E-state index >= 15 is 0 Å². The van der Waals surface area contributed by atoms with Crippen molar-refractivity contribution >= 4 is 42.0 Å². The van der Waals surface area contributed by atoms with E-state index < -0.39 is 9.05 Å². The van der Waals surface area contributed by atoms with Crippen molar-refractivity contribution in [2.24, 2.45) is 5.92 Å². The summed E-state index contributed by atoms with van der Waals surface area (Å²) in [4.78, 5) is 13.4. The number of anilines is 1. The van der Waals surface area contributed by atoms with E-state index in [4.69, 9.17) is 15.9 Å². The molecule has 1 aromatic heterocycles. The lowest BCUT2D eigenvalue weighted by molar-refractivity contribution is -0.117. The fourth-order valence-corrected chi connectivity index (χ4v) is 4.49. The van der Waals surface area contributed by atoms with Gasteiger partial charge in [-0.1, -0.05) is 0 Å².